The standard InChI is InChI=1S/C27H26F3N3O3/c28-27(29,30)20-4-1-3-19(14-20)26(34)32-22-5-2-6-23(15-22)33-11-9-21(10-12-33)31-16-18-7-8-24-25(13-18)36-17-35-24/h1-8,13-15,21,31H,9-12,16-17H2,(H,32,34). The highest BCUT2D eigenvalue weighted by Gasteiger charge is 2.31. The Morgan fingerprint density at radius 1 is 0.944 bits per heavy atom. The van der Waals surface area contributed by atoms with E-state index in [4.69, 9.17) is 9.47 Å². The molecule has 2 N–H and O–H groups in total. The number of amides is 1. The maximum atomic E-state index is 13.0. The summed E-state index contributed by atoms with van der Waals surface area (Å²) in [5.74, 6) is 0.981. The van der Waals surface area contributed by atoms with Gasteiger partial charge in [-0.15, -0.1) is 0 Å². The third kappa shape index (κ3) is 5.57. The Labute approximate surface area is 207 Å². The second-order valence-electron chi connectivity index (χ2n) is 8.91. The van der Waals surface area contributed by atoms with E-state index in [2.05, 4.69) is 15.5 Å². The van der Waals surface area contributed by atoms with Crippen LogP contribution in [0, 0.1) is 0 Å². The van der Waals surface area contributed by atoms with Crippen LogP contribution in [0.25, 0.3) is 0 Å². The van der Waals surface area contributed by atoms with Gasteiger partial charge in [0, 0.05) is 42.6 Å². The molecule has 0 aliphatic carbocycles. The molecule has 5 rings (SSSR count). The zero-order valence-corrected chi connectivity index (χ0v) is 19.5. The highest BCUT2D eigenvalue weighted by atomic mass is 19.4. The van der Waals surface area contributed by atoms with Gasteiger partial charge in [-0.1, -0.05) is 18.2 Å². The number of carbonyl (C=O) groups is 1. The molecule has 1 fully saturated rings. The van der Waals surface area contributed by atoms with Crippen molar-refractivity contribution in [1.82, 2.24) is 5.32 Å². The maximum absolute atomic E-state index is 13.0. The number of nitrogens with one attached hydrogen (secondary N) is 2. The lowest BCUT2D eigenvalue weighted by Crippen LogP contribution is -2.42. The van der Waals surface area contributed by atoms with Gasteiger partial charge in [0.05, 0.1) is 5.56 Å². The van der Waals surface area contributed by atoms with E-state index in [0.717, 1.165) is 67.4 Å². The number of fused-ring (bicyclic) bond motifs is 1. The number of piperidine rings is 1. The highest BCUT2D eigenvalue weighted by Crippen LogP contribution is 2.33. The normalized spacial score (nSPS) is 15.7. The fraction of sp³-hybridized carbons (Fsp3) is 0.296. The number of alkyl halides is 3. The molecule has 0 spiro atoms. The van der Waals surface area contributed by atoms with Crippen molar-refractivity contribution in [1.29, 1.82) is 0 Å². The largest absolute Gasteiger partial charge is 0.454 e. The third-order valence-electron chi connectivity index (χ3n) is 6.45. The lowest BCUT2D eigenvalue weighted by atomic mass is 10.0. The Balaban J connectivity index is 1.15. The van der Waals surface area contributed by atoms with E-state index in [-0.39, 0.29) is 12.4 Å². The van der Waals surface area contributed by atoms with E-state index in [0.29, 0.717) is 11.7 Å². The summed E-state index contributed by atoms with van der Waals surface area (Å²) in [5, 5.41) is 6.33. The van der Waals surface area contributed by atoms with Gasteiger partial charge >= 0.3 is 6.18 Å². The van der Waals surface area contributed by atoms with Crippen LogP contribution in [-0.2, 0) is 12.7 Å². The van der Waals surface area contributed by atoms with Crippen LogP contribution in [0.2, 0.25) is 0 Å². The van der Waals surface area contributed by atoms with Crippen LogP contribution in [0.1, 0.15) is 34.3 Å². The van der Waals surface area contributed by atoms with Crippen LogP contribution in [0.4, 0.5) is 24.5 Å². The van der Waals surface area contributed by atoms with E-state index >= 15 is 0 Å². The van der Waals surface area contributed by atoms with Crippen molar-refractivity contribution >= 4 is 17.3 Å². The fourth-order valence-corrected chi connectivity index (χ4v) is 4.48. The molecule has 1 saturated heterocycles. The van der Waals surface area contributed by atoms with Crippen LogP contribution < -0.4 is 25.0 Å². The maximum Gasteiger partial charge on any atom is 0.416 e. The first-order valence-corrected chi connectivity index (χ1v) is 11.8. The van der Waals surface area contributed by atoms with Gasteiger partial charge in [-0.2, -0.15) is 13.2 Å². The summed E-state index contributed by atoms with van der Waals surface area (Å²) < 4.78 is 49.7. The van der Waals surface area contributed by atoms with Gasteiger partial charge in [0.15, 0.2) is 11.5 Å². The van der Waals surface area contributed by atoms with Crippen molar-refractivity contribution in [3.05, 3.63) is 83.4 Å². The molecule has 2 aliphatic rings. The molecule has 0 radical (unpaired) electrons. The molecule has 6 nitrogen and oxygen atoms in total. The van der Waals surface area contributed by atoms with Crippen molar-refractivity contribution in [3.8, 4) is 11.5 Å². The van der Waals surface area contributed by atoms with Crippen LogP contribution in [-0.4, -0.2) is 31.8 Å². The number of hydrogen-bond donors (Lipinski definition) is 2. The molecule has 3 aromatic rings. The number of nitrogens with zero attached hydrogens (tertiary/aromatic N) is 1. The smallest absolute Gasteiger partial charge is 0.416 e. The summed E-state index contributed by atoms with van der Waals surface area (Å²) in [6, 6.07) is 18.2. The predicted octanol–water partition coefficient (Wildman–Crippen LogP) is 5.45. The number of hydrogen-bond acceptors (Lipinski definition) is 5. The second-order valence-corrected chi connectivity index (χ2v) is 8.91. The zero-order chi connectivity index (χ0) is 25.1. The number of rotatable bonds is 6. The average Bonchev–Trinajstić information content (AvgIpc) is 3.35. The van der Waals surface area contributed by atoms with E-state index in [1.54, 1.807) is 6.07 Å². The van der Waals surface area contributed by atoms with E-state index in [1.165, 1.54) is 12.1 Å². The molecule has 0 aromatic heterocycles. The van der Waals surface area contributed by atoms with E-state index in [9.17, 15) is 18.0 Å². The van der Waals surface area contributed by atoms with Gasteiger partial charge in [0.2, 0.25) is 6.79 Å². The Hall–Kier alpha value is -3.72. The fourth-order valence-electron chi connectivity index (χ4n) is 4.48. The summed E-state index contributed by atoms with van der Waals surface area (Å²) in [4.78, 5) is 14.8. The minimum Gasteiger partial charge on any atom is -0.454 e. The molecule has 0 saturated carbocycles. The molecule has 1 amide bonds. The molecule has 36 heavy (non-hydrogen) atoms. The number of carbonyl (C=O) groups excluding carboxylic acids is 1. The number of benzene rings is 3. The van der Waals surface area contributed by atoms with Crippen molar-refractivity contribution in [2.45, 2.75) is 31.6 Å². The molecular formula is C27H26F3N3O3. The molecule has 0 atom stereocenters. The van der Waals surface area contributed by atoms with Gasteiger partial charge in [-0.05, 0) is 66.9 Å². The van der Waals surface area contributed by atoms with Crippen LogP contribution in [0.5, 0.6) is 11.5 Å². The molecule has 2 aliphatic heterocycles. The van der Waals surface area contributed by atoms with Gasteiger partial charge in [-0.25, -0.2) is 0 Å². The highest BCUT2D eigenvalue weighted by molar-refractivity contribution is 6.04. The first-order valence-electron chi connectivity index (χ1n) is 11.8. The molecule has 9 heteroatoms. The van der Waals surface area contributed by atoms with Gasteiger partial charge in [-0.3, -0.25) is 4.79 Å². The first-order chi connectivity index (χ1) is 17.3. The number of ether oxygens (including phenoxy) is 2. The summed E-state index contributed by atoms with van der Waals surface area (Å²) >= 11 is 0. The second kappa shape index (κ2) is 10.1. The Bertz CT molecular complexity index is 1240. The van der Waals surface area contributed by atoms with Crippen LogP contribution in [0.3, 0.4) is 0 Å². The lowest BCUT2D eigenvalue weighted by Gasteiger charge is -2.34. The Kier molecular flexibility index (Phi) is 6.73. The zero-order valence-electron chi connectivity index (χ0n) is 19.5. The van der Waals surface area contributed by atoms with Crippen molar-refractivity contribution in [2.75, 3.05) is 30.1 Å². The van der Waals surface area contributed by atoms with Crippen molar-refractivity contribution < 1.29 is 27.4 Å². The average molecular weight is 498 g/mol. The number of halogens is 3. The summed E-state index contributed by atoms with van der Waals surface area (Å²) in [5.41, 5.74) is 1.76. The van der Waals surface area contributed by atoms with Gasteiger partial charge < -0.3 is 25.0 Å². The number of anilines is 2. The van der Waals surface area contributed by atoms with E-state index in [1.807, 2.05) is 36.4 Å². The first kappa shape index (κ1) is 24.0. The minimum absolute atomic E-state index is 0.0374. The molecule has 0 unspecified atom stereocenters. The predicted molar refractivity (Wildman–Crippen MR) is 130 cm³/mol. The Morgan fingerprint density at radius 2 is 1.72 bits per heavy atom. The Morgan fingerprint density at radius 3 is 2.53 bits per heavy atom. The molecule has 0 bridgehead atoms. The summed E-state index contributed by atoms with van der Waals surface area (Å²) in [7, 11) is 0. The van der Waals surface area contributed by atoms with Crippen LogP contribution >= 0.6 is 0 Å². The molecule has 3 aromatic carbocycles. The topological polar surface area (TPSA) is 62.8 Å². The summed E-state index contributed by atoms with van der Waals surface area (Å²) in [6.45, 7) is 2.72. The molecule has 2 heterocycles. The van der Waals surface area contributed by atoms with E-state index < -0.39 is 17.6 Å². The quantitative estimate of drug-likeness (QED) is 0.475. The van der Waals surface area contributed by atoms with Gasteiger partial charge in [0.25, 0.3) is 5.91 Å². The van der Waals surface area contributed by atoms with Crippen LogP contribution in [0.15, 0.2) is 66.7 Å². The third-order valence-corrected chi connectivity index (χ3v) is 6.45. The SMILES string of the molecule is O=C(Nc1cccc(N2CCC(NCc3ccc4c(c3)OCO4)CC2)c1)c1cccc(C(F)(F)F)c1. The lowest BCUT2D eigenvalue weighted by molar-refractivity contribution is -0.137. The molecule has 188 valence electrons. The molecular weight excluding hydrogens is 471 g/mol. The van der Waals surface area contributed by atoms with Gasteiger partial charge in [0.1, 0.15) is 0 Å². The summed E-state index contributed by atoms with van der Waals surface area (Å²) in [6.07, 6.45) is -2.57. The van der Waals surface area contributed by atoms with Crippen molar-refractivity contribution in [2.24, 2.45) is 0 Å². The van der Waals surface area contributed by atoms with Crippen molar-refractivity contribution in [3.63, 3.8) is 0 Å². The minimum atomic E-state index is -4.50. The monoisotopic (exact) mass is 497 g/mol.